The SMILES string of the molecule is CCCCCCCCCCCCCCCCCC(C)[n+]1cc[nH]c1C(CCCCCCCCCCC)CCCCCCCCCCCCCCC. The number of hydrogen-bond acceptors (Lipinski definition) is 0. The number of aromatic amines is 1. The van der Waals surface area contributed by atoms with E-state index in [-0.39, 0.29) is 0 Å². The molecule has 1 aromatic rings. The molecule has 0 bridgehead atoms. The van der Waals surface area contributed by atoms with Crippen LogP contribution in [0.5, 0.6) is 0 Å². The predicted octanol–water partition coefficient (Wildman–Crippen LogP) is 17.6. The first kappa shape index (κ1) is 48.2. The van der Waals surface area contributed by atoms with Crippen molar-refractivity contribution < 1.29 is 4.57 Å². The summed E-state index contributed by atoms with van der Waals surface area (Å²) in [6.45, 7) is 9.44. The molecule has 0 saturated heterocycles. The quantitative estimate of drug-likeness (QED) is 0.0514. The summed E-state index contributed by atoms with van der Waals surface area (Å²) >= 11 is 0. The van der Waals surface area contributed by atoms with Crippen LogP contribution in [0, 0.1) is 0 Å². The van der Waals surface area contributed by atoms with Crippen molar-refractivity contribution in [2.75, 3.05) is 0 Å². The van der Waals surface area contributed by atoms with Crippen molar-refractivity contribution in [3.05, 3.63) is 18.2 Å². The predicted molar refractivity (Wildman–Crippen MR) is 230 cm³/mol. The third kappa shape index (κ3) is 30.3. The van der Waals surface area contributed by atoms with Crippen LogP contribution in [0.15, 0.2) is 12.4 Å². The van der Waals surface area contributed by atoms with Crippen LogP contribution in [-0.4, -0.2) is 4.98 Å². The molecule has 0 saturated carbocycles. The first-order valence-corrected chi connectivity index (χ1v) is 24.3. The highest BCUT2D eigenvalue weighted by Crippen LogP contribution is 2.28. The zero-order valence-electron chi connectivity index (χ0n) is 36.0. The van der Waals surface area contributed by atoms with Crippen LogP contribution < -0.4 is 4.57 Å². The Balaban J connectivity index is 2.33. The Morgan fingerprint density at radius 1 is 0.373 bits per heavy atom. The second-order valence-corrected chi connectivity index (χ2v) is 17.2. The van der Waals surface area contributed by atoms with Gasteiger partial charge in [-0.2, -0.15) is 0 Å². The Labute approximate surface area is 323 Å². The molecule has 0 aliphatic rings. The number of nitrogens with one attached hydrogen (secondary N) is 1. The minimum atomic E-state index is 0.616. The summed E-state index contributed by atoms with van der Waals surface area (Å²) in [4.78, 5) is 3.78. The molecule has 2 heteroatoms. The standard InChI is InChI=1S/C49H96N2/c1-5-8-11-14-17-20-22-24-25-27-28-31-33-36-39-42-47(4)51-46-45-50-49(51)48(43-40-37-34-30-19-16-13-10-7-3)44-41-38-35-32-29-26-23-21-18-15-12-9-6-2/h45-48H,5-44H2,1-4H3/p+1. The molecule has 2 nitrogen and oxygen atoms in total. The summed E-state index contributed by atoms with van der Waals surface area (Å²) in [5.74, 6) is 2.25. The number of aromatic nitrogens is 2. The molecule has 51 heavy (non-hydrogen) atoms. The Kier molecular flexibility index (Phi) is 36.8. The molecule has 1 N–H and O–H groups in total. The highest BCUT2D eigenvalue weighted by molar-refractivity contribution is 4.90. The van der Waals surface area contributed by atoms with Crippen LogP contribution >= 0.6 is 0 Å². The molecule has 0 amide bonds. The van der Waals surface area contributed by atoms with Crippen LogP contribution in [0.25, 0.3) is 0 Å². The van der Waals surface area contributed by atoms with Gasteiger partial charge in [0.15, 0.2) is 0 Å². The van der Waals surface area contributed by atoms with Crippen LogP contribution in [0.3, 0.4) is 0 Å². The molecule has 2 atom stereocenters. The van der Waals surface area contributed by atoms with E-state index in [9.17, 15) is 0 Å². The molecule has 0 aromatic carbocycles. The fourth-order valence-corrected chi connectivity index (χ4v) is 8.55. The van der Waals surface area contributed by atoms with Gasteiger partial charge in [0.25, 0.3) is 5.82 Å². The highest BCUT2D eigenvalue weighted by Gasteiger charge is 2.25. The Morgan fingerprint density at radius 2 is 0.627 bits per heavy atom. The normalized spacial score (nSPS) is 12.9. The number of hydrogen-bond donors (Lipinski definition) is 1. The minimum Gasteiger partial charge on any atom is -0.247 e. The Morgan fingerprint density at radius 3 is 0.922 bits per heavy atom. The van der Waals surface area contributed by atoms with Gasteiger partial charge in [-0.15, -0.1) is 0 Å². The summed E-state index contributed by atoms with van der Waals surface area (Å²) < 4.78 is 2.66. The zero-order chi connectivity index (χ0) is 36.7. The van der Waals surface area contributed by atoms with Gasteiger partial charge >= 0.3 is 0 Å². The maximum absolute atomic E-state index is 3.78. The maximum Gasteiger partial charge on any atom is 0.257 e. The molecule has 0 fully saturated rings. The lowest BCUT2D eigenvalue weighted by Crippen LogP contribution is -2.41. The lowest BCUT2D eigenvalue weighted by molar-refractivity contribution is -0.727. The summed E-state index contributed by atoms with van der Waals surface area (Å²) in [7, 11) is 0. The molecule has 1 heterocycles. The van der Waals surface area contributed by atoms with Gasteiger partial charge < -0.3 is 0 Å². The number of unbranched alkanes of at least 4 members (excludes halogenated alkanes) is 34. The Bertz CT molecular complexity index is 783. The summed E-state index contributed by atoms with van der Waals surface area (Å²) in [5, 5.41) is 0. The van der Waals surface area contributed by atoms with Crippen LogP contribution in [0.1, 0.15) is 302 Å². The van der Waals surface area contributed by atoms with E-state index < -0.39 is 0 Å². The van der Waals surface area contributed by atoms with Crippen molar-refractivity contribution >= 4 is 0 Å². The van der Waals surface area contributed by atoms with Gasteiger partial charge in [-0.1, -0.05) is 252 Å². The highest BCUT2D eigenvalue weighted by atomic mass is 15.1. The molecule has 0 radical (unpaired) electrons. The average Bonchev–Trinajstić information content (AvgIpc) is 3.63. The fourth-order valence-electron chi connectivity index (χ4n) is 8.55. The summed E-state index contributed by atoms with van der Waals surface area (Å²) in [5.41, 5.74) is 0. The molecule has 1 rings (SSSR count). The monoisotopic (exact) mass is 714 g/mol. The van der Waals surface area contributed by atoms with Gasteiger partial charge in [0, 0.05) is 0 Å². The maximum atomic E-state index is 3.78. The topological polar surface area (TPSA) is 19.7 Å². The van der Waals surface area contributed by atoms with Crippen LogP contribution in [0.2, 0.25) is 0 Å². The van der Waals surface area contributed by atoms with E-state index in [2.05, 4.69) is 49.6 Å². The van der Waals surface area contributed by atoms with Gasteiger partial charge in [-0.25, -0.2) is 9.55 Å². The lowest BCUT2D eigenvalue weighted by Gasteiger charge is -2.17. The summed E-state index contributed by atoms with van der Waals surface area (Å²) in [6.07, 6.45) is 62.1. The van der Waals surface area contributed by atoms with Crippen LogP contribution in [-0.2, 0) is 0 Å². The van der Waals surface area contributed by atoms with Crippen molar-refractivity contribution in [3.63, 3.8) is 0 Å². The molecular formula is C49H97N2+. The van der Waals surface area contributed by atoms with Crippen molar-refractivity contribution in [1.29, 1.82) is 0 Å². The lowest BCUT2D eigenvalue weighted by atomic mass is 9.92. The molecule has 302 valence electrons. The number of H-pyrrole nitrogens is 1. The van der Waals surface area contributed by atoms with Gasteiger partial charge in [-0.3, -0.25) is 0 Å². The van der Waals surface area contributed by atoms with Gasteiger partial charge in [-0.05, 0) is 32.6 Å². The van der Waals surface area contributed by atoms with E-state index in [1.165, 1.54) is 257 Å². The molecular weight excluding hydrogens is 617 g/mol. The van der Waals surface area contributed by atoms with E-state index in [0.29, 0.717) is 12.0 Å². The number of imidazole rings is 1. The van der Waals surface area contributed by atoms with E-state index >= 15 is 0 Å². The van der Waals surface area contributed by atoms with Gasteiger partial charge in [0.2, 0.25) is 0 Å². The third-order valence-corrected chi connectivity index (χ3v) is 12.1. The first-order chi connectivity index (χ1) is 25.2. The van der Waals surface area contributed by atoms with Crippen molar-refractivity contribution in [2.24, 2.45) is 0 Å². The summed E-state index contributed by atoms with van der Waals surface area (Å²) in [6, 6.07) is 0.616. The smallest absolute Gasteiger partial charge is 0.247 e. The first-order valence-electron chi connectivity index (χ1n) is 24.3. The van der Waals surface area contributed by atoms with Crippen molar-refractivity contribution in [1.82, 2.24) is 4.98 Å². The average molecular weight is 714 g/mol. The van der Waals surface area contributed by atoms with E-state index in [1.54, 1.807) is 5.82 Å². The van der Waals surface area contributed by atoms with Gasteiger partial charge in [0.05, 0.1) is 12.0 Å². The Hall–Kier alpha value is -0.790. The zero-order valence-corrected chi connectivity index (χ0v) is 36.0. The van der Waals surface area contributed by atoms with Gasteiger partial charge in [0.1, 0.15) is 12.4 Å². The molecule has 2 unspecified atom stereocenters. The number of rotatable bonds is 42. The van der Waals surface area contributed by atoms with E-state index in [0.717, 1.165) is 0 Å². The van der Waals surface area contributed by atoms with E-state index in [1.807, 2.05) is 0 Å². The molecule has 0 aliphatic heterocycles. The third-order valence-electron chi connectivity index (χ3n) is 12.1. The second kappa shape index (κ2) is 38.9. The molecule has 0 spiro atoms. The fraction of sp³-hybridized carbons (Fsp3) is 0.939. The number of nitrogens with zero attached hydrogens (tertiary/aromatic N) is 1. The molecule has 0 aliphatic carbocycles. The van der Waals surface area contributed by atoms with E-state index in [4.69, 9.17) is 0 Å². The van der Waals surface area contributed by atoms with Crippen molar-refractivity contribution in [2.45, 2.75) is 296 Å². The molecule has 1 aromatic heterocycles. The second-order valence-electron chi connectivity index (χ2n) is 17.2. The minimum absolute atomic E-state index is 0.616. The largest absolute Gasteiger partial charge is 0.257 e. The van der Waals surface area contributed by atoms with Crippen molar-refractivity contribution in [3.8, 4) is 0 Å². The van der Waals surface area contributed by atoms with Crippen LogP contribution in [0.4, 0.5) is 0 Å².